The molecule has 0 fully saturated rings. The smallest absolute Gasteiger partial charge is 0.281 e. The summed E-state index contributed by atoms with van der Waals surface area (Å²) in [5, 5.41) is 0.469. The summed E-state index contributed by atoms with van der Waals surface area (Å²) in [4.78, 5) is 25.2. The molecule has 0 aliphatic heterocycles. The van der Waals surface area contributed by atoms with Crippen LogP contribution in [0, 0.1) is 12.3 Å². The Morgan fingerprint density at radius 2 is 1.62 bits per heavy atom. The van der Waals surface area contributed by atoms with Crippen LogP contribution >= 0.6 is 0 Å². The van der Waals surface area contributed by atoms with E-state index in [4.69, 9.17) is 6.42 Å². The van der Waals surface area contributed by atoms with Crippen LogP contribution in [-0.2, 0) is 6.54 Å². The molecule has 0 amide bonds. The number of hydrogen-bond donors (Lipinski definition) is 0. The van der Waals surface area contributed by atoms with Gasteiger partial charge < -0.3 is 0 Å². The predicted octanol–water partition coefficient (Wildman–Crippen LogP) is 1.79. The first-order chi connectivity index (χ1) is 10.2. The molecule has 0 spiro atoms. The molecular weight excluding hydrogens is 264 g/mol. The maximum absolute atomic E-state index is 12.6. The number of rotatable bonds is 2. The summed E-state index contributed by atoms with van der Waals surface area (Å²) < 4.78 is 2.59. The molecule has 0 saturated carbocycles. The Hall–Kier alpha value is -3.06. The minimum atomic E-state index is -0.428. The van der Waals surface area contributed by atoms with Crippen LogP contribution in [-0.4, -0.2) is 9.13 Å². The summed E-state index contributed by atoms with van der Waals surface area (Å²) >= 11 is 0. The SMILES string of the molecule is C#CCn1c(=O)n(-c2ccccc2)c(=O)c2ccccc21. The first-order valence-corrected chi connectivity index (χ1v) is 6.47. The molecule has 0 bridgehead atoms. The van der Waals surface area contributed by atoms with Gasteiger partial charge in [0.15, 0.2) is 0 Å². The molecule has 0 unspecified atom stereocenters. The Bertz CT molecular complexity index is 960. The number of fused-ring (bicyclic) bond motifs is 1. The van der Waals surface area contributed by atoms with Crippen molar-refractivity contribution >= 4 is 10.9 Å². The molecule has 0 N–H and O–H groups in total. The fourth-order valence-electron chi connectivity index (χ4n) is 2.37. The van der Waals surface area contributed by atoms with E-state index in [0.717, 1.165) is 4.57 Å². The molecule has 3 aromatic rings. The molecule has 4 nitrogen and oxygen atoms in total. The molecule has 1 heterocycles. The van der Waals surface area contributed by atoms with Gasteiger partial charge in [-0.3, -0.25) is 9.36 Å². The topological polar surface area (TPSA) is 44.0 Å². The average Bonchev–Trinajstić information content (AvgIpc) is 2.53. The zero-order chi connectivity index (χ0) is 14.8. The van der Waals surface area contributed by atoms with Crippen molar-refractivity contribution in [1.82, 2.24) is 9.13 Å². The van der Waals surface area contributed by atoms with Crippen LogP contribution in [0.5, 0.6) is 0 Å². The predicted molar refractivity (Wildman–Crippen MR) is 82.6 cm³/mol. The molecule has 0 radical (unpaired) electrons. The van der Waals surface area contributed by atoms with Crippen LogP contribution in [0.4, 0.5) is 0 Å². The fourth-order valence-corrected chi connectivity index (χ4v) is 2.37. The molecule has 0 saturated heterocycles. The first-order valence-electron chi connectivity index (χ1n) is 6.47. The Labute approximate surface area is 120 Å². The number of nitrogens with zero attached hydrogens (tertiary/aromatic N) is 2. The lowest BCUT2D eigenvalue weighted by molar-refractivity contribution is 0.737. The molecule has 102 valence electrons. The van der Waals surface area contributed by atoms with Gasteiger partial charge in [-0.15, -0.1) is 6.42 Å². The van der Waals surface area contributed by atoms with E-state index in [9.17, 15) is 9.59 Å². The standard InChI is InChI=1S/C17H12N2O2/c1-2-12-18-15-11-7-6-10-14(15)16(20)19(17(18)21)13-8-4-3-5-9-13/h1,3-11H,12H2. The van der Waals surface area contributed by atoms with Gasteiger partial charge in [-0.05, 0) is 24.3 Å². The maximum Gasteiger partial charge on any atom is 0.336 e. The van der Waals surface area contributed by atoms with E-state index in [2.05, 4.69) is 5.92 Å². The lowest BCUT2D eigenvalue weighted by Gasteiger charge is -2.12. The second-order valence-electron chi connectivity index (χ2n) is 4.57. The number of benzene rings is 2. The van der Waals surface area contributed by atoms with Crippen molar-refractivity contribution in [3.8, 4) is 18.0 Å². The highest BCUT2D eigenvalue weighted by Gasteiger charge is 2.13. The van der Waals surface area contributed by atoms with E-state index in [1.807, 2.05) is 6.07 Å². The van der Waals surface area contributed by atoms with Crippen LogP contribution in [0.25, 0.3) is 16.6 Å². The van der Waals surface area contributed by atoms with Gasteiger partial charge in [0, 0.05) is 0 Å². The van der Waals surface area contributed by atoms with E-state index < -0.39 is 5.69 Å². The zero-order valence-electron chi connectivity index (χ0n) is 11.2. The molecule has 21 heavy (non-hydrogen) atoms. The van der Waals surface area contributed by atoms with Crippen LogP contribution < -0.4 is 11.2 Å². The molecule has 1 aromatic heterocycles. The number of hydrogen-bond acceptors (Lipinski definition) is 2. The van der Waals surface area contributed by atoms with Gasteiger partial charge in [-0.2, -0.15) is 0 Å². The van der Waals surface area contributed by atoms with Crippen LogP contribution in [0.1, 0.15) is 0 Å². The molecule has 0 atom stereocenters. The highest BCUT2D eigenvalue weighted by atomic mass is 16.2. The van der Waals surface area contributed by atoms with Crippen LogP contribution in [0.15, 0.2) is 64.2 Å². The second-order valence-corrected chi connectivity index (χ2v) is 4.57. The van der Waals surface area contributed by atoms with Gasteiger partial charge in [0.2, 0.25) is 0 Å². The molecule has 2 aromatic carbocycles. The fraction of sp³-hybridized carbons (Fsp3) is 0.0588. The largest absolute Gasteiger partial charge is 0.336 e. The maximum atomic E-state index is 12.6. The van der Waals surface area contributed by atoms with Crippen LogP contribution in [0.3, 0.4) is 0 Å². The average molecular weight is 276 g/mol. The highest BCUT2D eigenvalue weighted by molar-refractivity contribution is 5.78. The van der Waals surface area contributed by atoms with Gasteiger partial charge in [-0.25, -0.2) is 9.36 Å². The summed E-state index contributed by atoms with van der Waals surface area (Å²) in [5.74, 6) is 2.46. The minimum absolute atomic E-state index is 0.118. The van der Waals surface area contributed by atoms with E-state index in [1.54, 1.807) is 48.5 Å². The Kier molecular flexibility index (Phi) is 3.17. The normalized spacial score (nSPS) is 10.4. The molecule has 4 heteroatoms. The highest BCUT2D eigenvalue weighted by Crippen LogP contribution is 2.09. The van der Waals surface area contributed by atoms with Gasteiger partial charge in [0.1, 0.15) is 0 Å². The lowest BCUT2D eigenvalue weighted by atomic mass is 10.2. The van der Waals surface area contributed by atoms with Gasteiger partial charge in [0.05, 0.1) is 23.1 Å². The monoisotopic (exact) mass is 276 g/mol. The molecule has 0 aliphatic rings. The number of terminal acetylenes is 1. The summed E-state index contributed by atoms with van der Waals surface area (Å²) in [6, 6.07) is 15.8. The molecule has 3 rings (SSSR count). The van der Waals surface area contributed by atoms with Crippen molar-refractivity contribution in [2.45, 2.75) is 6.54 Å². The van der Waals surface area contributed by atoms with Crippen molar-refractivity contribution in [2.24, 2.45) is 0 Å². The van der Waals surface area contributed by atoms with Crippen LogP contribution in [0.2, 0.25) is 0 Å². The van der Waals surface area contributed by atoms with Crippen molar-refractivity contribution < 1.29 is 0 Å². The number of para-hydroxylation sites is 2. The summed E-state index contributed by atoms with van der Waals surface area (Å²) in [6.45, 7) is 0.118. The molecular formula is C17H12N2O2. The minimum Gasteiger partial charge on any atom is -0.281 e. The summed E-state index contributed by atoms with van der Waals surface area (Å²) in [6.07, 6.45) is 5.35. The van der Waals surface area contributed by atoms with E-state index in [1.165, 1.54) is 4.57 Å². The zero-order valence-corrected chi connectivity index (χ0v) is 11.2. The lowest BCUT2D eigenvalue weighted by Crippen LogP contribution is -2.38. The Morgan fingerprint density at radius 3 is 2.33 bits per heavy atom. The third-order valence-corrected chi connectivity index (χ3v) is 3.31. The quantitative estimate of drug-likeness (QED) is 0.670. The second kappa shape index (κ2) is 5.14. The summed E-state index contributed by atoms with van der Waals surface area (Å²) in [5.41, 5.74) is 0.319. The Morgan fingerprint density at radius 1 is 0.952 bits per heavy atom. The van der Waals surface area contributed by atoms with E-state index >= 15 is 0 Å². The van der Waals surface area contributed by atoms with Gasteiger partial charge in [-0.1, -0.05) is 36.3 Å². The molecule has 0 aliphatic carbocycles. The van der Waals surface area contributed by atoms with Crippen molar-refractivity contribution in [3.05, 3.63) is 75.4 Å². The van der Waals surface area contributed by atoms with E-state index in [-0.39, 0.29) is 12.1 Å². The third-order valence-electron chi connectivity index (χ3n) is 3.31. The van der Waals surface area contributed by atoms with Crippen molar-refractivity contribution in [2.75, 3.05) is 0 Å². The van der Waals surface area contributed by atoms with E-state index in [0.29, 0.717) is 16.6 Å². The first kappa shape index (κ1) is 12.9. The van der Waals surface area contributed by atoms with Gasteiger partial charge >= 0.3 is 5.69 Å². The van der Waals surface area contributed by atoms with Gasteiger partial charge in [0.25, 0.3) is 5.56 Å². The van der Waals surface area contributed by atoms with Crippen molar-refractivity contribution in [3.63, 3.8) is 0 Å². The number of aromatic nitrogens is 2. The summed E-state index contributed by atoms with van der Waals surface area (Å²) in [7, 11) is 0. The Balaban J connectivity index is 2.50. The third kappa shape index (κ3) is 2.05. The van der Waals surface area contributed by atoms with Crippen molar-refractivity contribution in [1.29, 1.82) is 0 Å².